The first-order chi connectivity index (χ1) is 9.52. The van der Waals surface area contributed by atoms with Crippen LogP contribution in [0, 0.1) is 0 Å². The maximum atomic E-state index is 9.58. The van der Waals surface area contributed by atoms with E-state index < -0.39 is 5.17 Å². The van der Waals surface area contributed by atoms with Crippen LogP contribution >= 0.6 is 24.4 Å². The van der Waals surface area contributed by atoms with Gasteiger partial charge in [-0.05, 0) is 48.7 Å². The Labute approximate surface area is 146 Å². The molecule has 106 valence electrons. The van der Waals surface area contributed by atoms with E-state index in [1.165, 1.54) is 0 Å². The standard InChI is InChI=1S/C13H11NOS.CH3NOS.Li.H/c15-13(16)14(11-7-3-1-4-8-11)12-9-5-2-6-10-12;2-1(3)4;;/h1-10H,(H,15,16);(H3,2,3,4);;. The number of para-hydroxylation sites is 2. The van der Waals surface area contributed by atoms with E-state index in [1.807, 2.05) is 60.7 Å². The number of aliphatic hydroxyl groups is 2. The van der Waals surface area contributed by atoms with Crippen LogP contribution < -0.4 is 10.6 Å². The van der Waals surface area contributed by atoms with Crippen molar-refractivity contribution < 1.29 is 10.2 Å². The van der Waals surface area contributed by atoms with Crippen molar-refractivity contribution in [3.8, 4) is 0 Å². The Morgan fingerprint density at radius 1 is 0.810 bits per heavy atom. The van der Waals surface area contributed by atoms with Gasteiger partial charge in [0.1, 0.15) is 0 Å². The third-order valence-corrected chi connectivity index (χ3v) is 2.40. The van der Waals surface area contributed by atoms with Crippen molar-refractivity contribution in [2.24, 2.45) is 5.73 Å². The van der Waals surface area contributed by atoms with Crippen molar-refractivity contribution in [3.05, 3.63) is 60.7 Å². The van der Waals surface area contributed by atoms with Crippen LogP contribution in [0.2, 0.25) is 0 Å². The molecule has 21 heavy (non-hydrogen) atoms. The number of hydrogen-bond donors (Lipinski definition) is 3. The fourth-order valence-corrected chi connectivity index (χ4v) is 1.73. The molecule has 0 spiro atoms. The number of aliphatic hydroxyl groups excluding tert-OH is 2. The fraction of sp³-hybridized carbons (Fsp3) is 0. The summed E-state index contributed by atoms with van der Waals surface area (Å²) in [7, 11) is 0. The number of thiocarbonyl (C=S) groups is 2. The van der Waals surface area contributed by atoms with E-state index in [0.29, 0.717) is 0 Å². The fourth-order valence-electron chi connectivity index (χ4n) is 1.52. The average molecular weight is 314 g/mol. The number of hydrogen-bond acceptors (Lipinski definition) is 2. The van der Waals surface area contributed by atoms with Crippen LogP contribution in [-0.2, 0) is 0 Å². The van der Waals surface area contributed by atoms with E-state index in [0.717, 1.165) is 11.4 Å². The van der Waals surface area contributed by atoms with Gasteiger partial charge in [-0.15, -0.1) is 0 Å². The molecule has 4 N–H and O–H groups in total. The number of rotatable bonds is 2. The Morgan fingerprint density at radius 3 is 1.33 bits per heavy atom. The molecule has 0 bridgehead atoms. The van der Waals surface area contributed by atoms with Crippen molar-refractivity contribution in [1.29, 1.82) is 0 Å². The summed E-state index contributed by atoms with van der Waals surface area (Å²) in [6.07, 6.45) is 0. The zero-order valence-electron chi connectivity index (χ0n) is 10.5. The molecule has 0 heterocycles. The third-order valence-electron chi connectivity index (χ3n) is 2.22. The minimum absolute atomic E-state index is 0. The molecular weight excluding hydrogens is 299 g/mol. The molecular formula is C14H15LiN2O2S2. The van der Waals surface area contributed by atoms with E-state index in [2.05, 4.69) is 18.0 Å². The normalized spacial score (nSPS) is 8.57. The predicted octanol–water partition coefficient (Wildman–Crippen LogP) is 2.81. The maximum absolute atomic E-state index is 9.58. The SMILES string of the molecule is NC(O)=S.OC(=S)N(c1ccccc1)c1ccccc1.[LiH]. The van der Waals surface area contributed by atoms with Crippen LogP contribution in [-0.4, -0.2) is 39.4 Å². The molecule has 0 radical (unpaired) electrons. The first-order valence-electron chi connectivity index (χ1n) is 5.64. The van der Waals surface area contributed by atoms with Gasteiger partial charge in [-0.2, -0.15) is 0 Å². The summed E-state index contributed by atoms with van der Waals surface area (Å²) in [5.74, 6) is 0. The second-order valence-corrected chi connectivity index (χ2v) is 4.41. The Kier molecular flexibility index (Phi) is 9.42. The summed E-state index contributed by atoms with van der Waals surface area (Å²) in [4.78, 5) is 1.62. The van der Waals surface area contributed by atoms with Crippen molar-refractivity contribution in [3.63, 3.8) is 0 Å². The molecule has 0 aromatic heterocycles. The molecule has 0 saturated heterocycles. The monoisotopic (exact) mass is 314 g/mol. The topological polar surface area (TPSA) is 69.7 Å². The molecule has 0 fully saturated rings. The molecule has 2 rings (SSSR count). The Bertz CT molecular complexity index is 524. The summed E-state index contributed by atoms with van der Waals surface area (Å²) >= 11 is 8.73. The van der Waals surface area contributed by atoms with E-state index in [-0.39, 0.29) is 24.0 Å². The molecule has 7 heteroatoms. The summed E-state index contributed by atoms with van der Waals surface area (Å²) in [6.45, 7) is 0. The summed E-state index contributed by atoms with van der Waals surface area (Å²) in [5.41, 5.74) is 6.09. The van der Waals surface area contributed by atoms with Gasteiger partial charge in [0, 0.05) is 11.4 Å². The Hall–Kier alpha value is -1.58. The van der Waals surface area contributed by atoms with E-state index >= 15 is 0 Å². The first kappa shape index (κ1) is 19.4. The van der Waals surface area contributed by atoms with Crippen LogP contribution in [0.15, 0.2) is 60.7 Å². The van der Waals surface area contributed by atoms with Crippen LogP contribution in [0.4, 0.5) is 11.4 Å². The second kappa shape index (κ2) is 10.2. The van der Waals surface area contributed by atoms with Gasteiger partial charge >= 0.3 is 18.9 Å². The van der Waals surface area contributed by atoms with Crippen LogP contribution in [0.5, 0.6) is 0 Å². The van der Waals surface area contributed by atoms with Crippen LogP contribution in [0.3, 0.4) is 0 Å². The zero-order chi connectivity index (χ0) is 15.0. The molecule has 2 aromatic rings. The summed E-state index contributed by atoms with van der Waals surface area (Å²) in [5, 5.41) is 16.5. The molecule has 0 aliphatic heterocycles. The van der Waals surface area contributed by atoms with Crippen molar-refractivity contribution >= 4 is 65.0 Å². The van der Waals surface area contributed by atoms with Gasteiger partial charge in [0.25, 0.3) is 10.3 Å². The predicted molar refractivity (Wildman–Crippen MR) is 96.8 cm³/mol. The van der Waals surface area contributed by atoms with Gasteiger partial charge in [-0.1, -0.05) is 36.4 Å². The van der Waals surface area contributed by atoms with Gasteiger partial charge in [-0.25, -0.2) is 0 Å². The summed E-state index contributed by atoms with van der Waals surface area (Å²) < 4.78 is 0. The molecule has 2 aromatic carbocycles. The van der Waals surface area contributed by atoms with Crippen molar-refractivity contribution in [1.82, 2.24) is 0 Å². The molecule has 0 unspecified atom stereocenters. The Balaban J connectivity index is 0.000000715. The van der Waals surface area contributed by atoms with Gasteiger partial charge in [0.05, 0.1) is 0 Å². The van der Waals surface area contributed by atoms with Gasteiger partial charge < -0.3 is 15.9 Å². The molecule has 0 amide bonds. The van der Waals surface area contributed by atoms with Crippen molar-refractivity contribution in [2.75, 3.05) is 4.90 Å². The number of nitrogens with two attached hydrogens (primary N) is 1. The third kappa shape index (κ3) is 7.11. The van der Waals surface area contributed by atoms with Crippen molar-refractivity contribution in [2.45, 2.75) is 0 Å². The van der Waals surface area contributed by atoms with Gasteiger partial charge in [0.2, 0.25) is 0 Å². The molecule has 0 aliphatic rings. The second-order valence-electron chi connectivity index (χ2n) is 3.63. The average Bonchev–Trinajstić information content (AvgIpc) is 2.40. The van der Waals surface area contributed by atoms with E-state index in [1.54, 1.807) is 4.90 Å². The van der Waals surface area contributed by atoms with E-state index in [9.17, 15) is 5.11 Å². The first-order valence-corrected chi connectivity index (χ1v) is 6.45. The molecule has 0 aliphatic carbocycles. The minimum atomic E-state index is -0.500. The molecule has 0 atom stereocenters. The molecule has 0 saturated carbocycles. The number of nitrogens with zero attached hydrogens (tertiary/aromatic N) is 1. The number of anilines is 2. The van der Waals surface area contributed by atoms with Gasteiger partial charge in [0.15, 0.2) is 0 Å². The van der Waals surface area contributed by atoms with Crippen LogP contribution in [0.1, 0.15) is 0 Å². The Morgan fingerprint density at radius 2 is 1.10 bits per heavy atom. The summed E-state index contributed by atoms with van der Waals surface area (Å²) in [6, 6.07) is 19.1. The van der Waals surface area contributed by atoms with E-state index in [4.69, 9.17) is 17.3 Å². The zero-order valence-corrected chi connectivity index (χ0v) is 12.1. The van der Waals surface area contributed by atoms with Gasteiger partial charge in [-0.3, -0.25) is 4.90 Å². The van der Waals surface area contributed by atoms with Crippen LogP contribution in [0.25, 0.3) is 0 Å². The molecule has 4 nitrogen and oxygen atoms in total. The number of benzene rings is 2. The quantitative estimate of drug-likeness (QED) is 0.585.